The zero-order chi connectivity index (χ0) is 56.3. The lowest BCUT2D eigenvalue weighted by molar-refractivity contribution is 0.645. The Bertz CT molecular complexity index is 4120. The van der Waals surface area contributed by atoms with Crippen molar-refractivity contribution in [2.45, 2.75) is 106 Å². The van der Waals surface area contributed by atoms with Crippen LogP contribution in [0.2, 0.25) is 0 Å². The van der Waals surface area contributed by atoms with E-state index in [1.807, 2.05) is 0 Å². The molecule has 0 aromatic heterocycles. The molecule has 81 heavy (non-hydrogen) atoms. The standard InChI is InChI=1S/C79H74N2/c1-49-13-25-59(26-14-49)80(63-39-51(3)37-52(4)40-63)61-29-35-69-67-33-23-57(45-73(67)78(9,10)75(69)47-61)19-17-55-21-31-65-66-32-22-56(44-72(66)77(7,8)71(65)43-55)18-20-58-24-34-68-70-36-30-62(48-76(70)79(11,12)74(68)46-58)81(60-27-15-50(2)16-28-60)64-41-53(5)38-54(6)42-64/h13-23,25-48,58H,24H2,1-12H3/b19-17+,20-18+. The number of nitrogens with zero attached hydrogens (tertiary/aromatic N) is 2. The molecular weight excluding hydrogens is 977 g/mol. The molecule has 0 spiro atoms. The van der Waals surface area contributed by atoms with Gasteiger partial charge >= 0.3 is 0 Å². The number of fused-ring (bicyclic) bond motifs is 9. The Morgan fingerprint density at radius 2 is 0.691 bits per heavy atom. The number of hydrogen-bond donors (Lipinski definition) is 0. The van der Waals surface area contributed by atoms with Crippen LogP contribution in [0.1, 0.15) is 131 Å². The Kier molecular flexibility index (Phi) is 12.4. The maximum Gasteiger partial charge on any atom is 0.0466 e. The first-order valence-electron chi connectivity index (χ1n) is 29.2. The van der Waals surface area contributed by atoms with Gasteiger partial charge < -0.3 is 9.80 Å². The predicted octanol–water partition coefficient (Wildman–Crippen LogP) is 21.6. The summed E-state index contributed by atoms with van der Waals surface area (Å²) in [5.74, 6) is 0.318. The molecule has 0 aliphatic heterocycles. The third-order valence-corrected chi connectivity index (χ3v) is 18.3. The van der Waals surface area contributed by atoms with Gasteiger partial charge in [0.15, 0.2) is 0 Å². The summed E-state index contributed by atoms with van der Waals surface area (Å²) in [7, 11) is 0. The van der Waals surface area contributed by atoms with Crippen LogP contribution in [-0.4, -0.2) is 0 Å². The van der Waals surface area contributed by atoms with Gasteiger partial charge in [-0.25, -0.2) is 0 Å². The lowest BCUT2D eigenvalue weighted by Crippen LogP contribution is -2.18. The second-order valence-electron chi connectivity index (χ2n) is 25.6. The highest BCUT2D eigenvalue weighted by Crippen LogP contribution is 2.55. The highest BCUT2D eigenvalue weighted by atomic mass is 15.1. The van der Waals surface area contributed by atoms with Crippen LogP contribution >= 0.6 is 0 Å². The fourth-order valence-corrected chi connectivity index (χ4v) is 14.1. The highest BCUT2D eigenvalue weighted by molar-refractivity contribution is 5.93. The van der Waals surface area contributed by atoms with Gasteiger partial charge in [-0.05, 0) is 232 Å². The second kappa shape index (κ2) is 19.4. The SMILES string of the molecule is Cc1ccc(N(c2cc(C)cc(C)c2)c2ccc3c(c2)C(C)(C)C2=CC(/C=C/c4ccc5c(c4)C(C)(C)c4cc(/C=C/c6ccc7c(c6)C(C)(C)c6cc(N(c8ccc(C)cc8)c8cc(C)cc(C)c8)ccc6-7)ccc4-5)CC=C23)cc1. The fourth-order valence-electron chi connectivity index (χ4n) is 14.1. The van der Waals surface area contributed by atoms with E-state index >= 15 is 0 Å². The fraction of sp³-hybridized carbons (Fsp3) is 0.215. The van der Waals surface area contributed by atoms with Crippen molar-refractivity contribution in [3.63, 3.8) is 0 Å². The largest absolute Gasteiger partial charge is 0.310 e. The van der Waals surface area contributed by atoms with Gasteiger partial charge in [0.05, 0.1) is 0 Å². The lowest BCUT2D eigenvalue weighted by atomic mass is 9.78. The van der Waals surface area contributed by atoms with Crippen molar-refractivity contribution in [2.24, 2.45) is 5.92 Å². The van der Waals surface area contributed by atoms with Crippen LogP contribution < -0.4 is 9.80 Å². The monoisotopic (exact) mass is 1050 g/mol. The number of allylic oxidation sites excluding steroid dienone is 5. The van der Waals surface area contributed by atoms with E-state index in [2.05, 4.69) is 305 Å². The molecule has 400 valence electrons. The first-order valence-corrected chi connectivity index (χ1v) is 29.2. The summed E-state index contributed by atoms with van der Waals surface area (Å²) in [5, 5.41) is 0. The Hall–Kier alpha value is -8.46. The molecule has 4 aliphatic carbocycles. The molecule has 9 aromatic carbocycles. The van der Waals surface area contributed by atoms with E-state index in [0.29, 0.717) is 5.92 Å². The van der Waals surface area contributed by atoms with Gasteiger partial charge in [-0.3, -0.25) is 0 Å². The maximum absolute atomic E-state index is 2.56. The third-order valence-electron chi connectivity index (χ3n) is 18.3. The molecule has 0 bridgehead atoms. The van der Waals surface area contributed by atoms with Crippen molar-refractivity contribution in [1.29, 1.82) is 0 Å². The van der Waals surface area contributed by atoms with Gasteiger partial charge in [0.2, 0.25) is 0 Å². The molecule has 1 atom stereocenters. The number of rotatable bonds is 10. The van der Waals surface area contributed by atoms with Crippen LogP contribution in [0, 0.1) is 47.5 Å². The first kappa shape index (κ1) is 51.9. The molecule has 2 nitrogen and oxygen atoms in total. The number of hydrogen-bond acceptors (Lipinski definition) is 2. The van der Waals surface area contributed by atoms with Gasteiger partial charge in [-0.15, -0.1) is 0 Å². The molecule has 2 heteroatoms. The van der Waals surface area contributed by atoms with Crippen molar-refractivity contribution < 1.29 is 0 Å². The normalized spacial score (nSPS) is 16.6. The summed E-state index contributed by atoms with van der Waals surface area (Å²) >= 11 is 0. The molecule has 0 N–H and O–H groups in total. The zero-order valence-electron chi connectivity index (χ0n) is 49.4. The number of anilines is 6. The number of aryl methyl sites for hydroxylation is 6. The van der Waals surface area contributed by atoms with E-state index in [4.69, 9.17) is 0 Å². The van der Waals surface area contributed by atoms with Crippen LogP contribution in [0.3, 0.4) is 0 Å². The van der Waals surface area contributed by atoms with Crippen LogP contribution in [-0.2, 0) is 16.2 Å². The average molecular weight is 1050 g/mol. The molecule has 9 aromatic rings. The topological polar surface area (TPSA) is 6.48 Å². The van der Waals surface area contributed by atoms with Crippen molar-refractivity contribution in [2.75, 3.05) is 9.80 Å². The van der Waals surface area contributed by atoms with Crippen LogP contribution in [0.25, 0.3) is 46.1 Å². The van der Waals surface area contributed by atoms with E-state index in [9.17, 15) is 0 Å². The second-order valence-corrected chi connectivity index (χ2v) is 25.6. The van der Waals surface area contributed by atoms with E-state index in [1.165, 1.54) is 145 Å². The zero-order valence-corrected chi connectivity index (χ0v) is 49.4. The molecule has 4 aliphatic rings. The minimum Gasteiger partial charge on any atom is -0.310 e. The van der Waals surface area contributed by atoms with E-state index in [0.717, 1.165) is 12.1 Å². The lowest BCUT2D eigenvalue weighted by Gasteiger charge is -2.29. The average Bonchev–Trinajstić information content (AvgIpc) is 4.12. The molecule has 0 saturated heterocycles. The molecule has 0 amide bonds. The van der Waals surface area contributed by atoms with E-state index in [-0.39, 0.29) is 16.2 Å². The Balaban J connectivity index is 0.725. The van der Waals surface area contributed by atoms with Gasteiger partial charge in [0.25, 0.3) is 0 Å². The van der Waals surface area contributed by atoms with Gasteiger partial charge in [-0.2, -0.15) is 0 Å². The minimum absolute atomic E-state index is 0.133. The summed E-state index contributed by atoms with van der Waals surface area (Å²) in [6.07, 6.45) is 15.5. The predicted molar refractivity (Wildman–Crippen MR) is 347 cm³/mol. The van der Waals surface area contributed by atoms with Crippen LogP contribution in [0.5, 0.6) is 0 Å². The van der Waals surface area contributed by atoms with Gasteiger partial charge in [0.1, 0.15) is 0 Å². The summed E-state index contributed by atoms with van der Waals surface area (Å²) in [6.45, 7) is 27.5. The summed E-state index contributed by atoms with van der Waals surface area (Å²) < 4.78 is 0. The third kappa shape index (κ3) is 9.05. The van der Waals surface area contributed by atoms with Crippen molar-refractivity contribution in [1.82, 2.24) is 0 Å². The molecule has 13 rings (SSSR count). The number of benzene rings is 9. The van der Waals surface area contributed by atoms with Crippen molar-refractivity contribution in [3.8, 4) is 22.3 Å². The summed E-state index contributed by atoms with van der Waals surface area (Å²) in [6, 6.07) is 67.1. The quantitative estimate of drug-likeness (QED) is 0.126. The molecule has 0 heterocycles. The van der Waals surface area contributed by atoms with Crippen LogP contribution in [0.4, 0.5) is 34.1 Å². The Morgan fingerprint density at radius 3 is 1.12 bits per heavy atom. The Morgan fingerprint density at radius 1 is 0.333 bits per heavy atom. The maximum atomic E-state index is 2.56. The van der Waals surface area contributed by atoms with E-state index < -0.39 is 0 Å². The summed E-state index contributed by atoms with van der Waals surface area (Å²) in [4.78, 5) is 4.84. The minimum atomic E-state index is -0.171. The summed E-state index contributed by atoms with van der Waals surface area (Å²) in [5.41, 5.74) is 34.4. The molecule has 0 fully saturated rings. The molecule has 1 unspecified atom stereocenters. The Labute approximate surface area is 482 Å². The molecule has 0 radical (unpaired) electrons. The highest BCUT2D eigenvalue weighted by Gasteiger charge is 2.41. The van der Waals surface area contributed by atoms with Crippen LogP contribution in [0.15, 0.2) is 200 Å². The van der Waals surface area contributed by atoms with Crippen molar-refractivity contribution >= 4 is 57.9 Å². The molecule has 0 saturated carbocycles. The van der Waals surface area contributed by atoms with Gasteiger partial charge in [0, 0.05) is 50.4 Å². The molecular formula is C79H74N2. The first-order chi connectivity index (χ1) is 38.8. The van der Waals surface area contributed by atoms with Crippen molar-refractivity contribution in [3.05, 3.63) is 283 Å². The van der Waals surface area contributed by atoms with E-state index in [1.54, 1.807) is 0 Å². The van der Waals surface area contributed by atoms with Gasteiger partial charge in [-0.1, -0.05) is 192 Å². The smallest absolute Gasteiger partial charge is 0.0466 e.